The Bertz CT molecular complexity index is 941. The maximum Gasteiger partial charge on any atom is 0.451 e. The van der Waals surface area contributed by atoms with Gasteiger partial charge in [0, 0.05) is 13.1 Å². The number of amides is 1. The fourth-order valence-corrected chi connectivity index (χ4v) is 4.26. The Balaban J connectivity index is 1.68. The summed E-state index contributed by atoms with van der Waals surface area (Å²) >= 11 is 0. The Morgan fingerprint density at radius 2 is 2.00 bits per heavy atom. The van der Waals surface area contributed by atoms with Crippen LogP contribution in [0.1, 0.15) is 47.0 Å². The lowest BCUT2D eigenvalue weighted by molar-refractivity contribution is -0.133. The monoisotopic (exact) mass is 450 g/mol. The third kappa shape index (κ3) is 5.14. The van der Waals surface area contributed by atoms with E-state index in [0.717, 1.165) is 38.2 Å². The lowest BCUT2D eigenvalue weighted by Crippen LogP contribution is -2.40. The van der Waals surface area contributed by atoms with E-state index in [9.17, 15) is 18.0 Å². The molecule has 3 heterocycles. The van der Waals surface area contributed by atoms with Gasteiger partial charge in [-0.15, -0.1) is 0 Å². The van der Waals surface area contributed by atoms with Crippen LogP contribution in [0.2, 0.25) is 0 Å². The van der Waals surface area contributed by atoms with Crippen molar-refractivity contribution in [3.05, 3.63) is 41.4 Å². The number of alkyl halides is 3. The fraction of sp³-hybridized carbons (Fsp3) is 0.522. The average Bonchev–Trinajstić information content (AvgIpc) is 2.75. The maximum absolute atomic E-state index is 13.2. The molecule has 174 valence electrons. The number of pyridine rings is 1. The lowest BCUT2D eigenvalue weighted by atomic mass is 9.73. The number of anilines is 2. The summed E-state index contributed by atoms with van der Waals surface area (Å²) in [6, 6.07) is 3.39. The highest BCUT2D eigenvalue weighted by Gasteiger charge is 2.42. The van der Waals surface area contributed by atoms with E-state index >= 15 is 0 Å². The predicted octanol–water partition coefficient (Wildman–Crippen LogP) is 5.25. The van der Waals surface area contributed by atoms with Crippen LogP contribution in [0.15, 0.2) is 46.4 Å². The first kappa shape index (κ1) is 23.8. The molecule has 0 spiro atoms. The first-order valence-electron chi connectivity index (χ1n) is 10.7. The molecule has 1 aromatic heterocycles. The maximum atomic E-state index is 13.2. The van der Waals surface area contributed by atoms with Crippen molar-refractivity contribution in [1.29, 1.82) is 0 Å². The number of hydrogen-bond donors (Lipinski definition) is 1. The number of ether oxygens (including phenoxy) is 1. The van der Waals surface area contributed by atoms with Crippen molar-refractivity contribution in [2.75, 3.05) is 29.9 Å². The summed E-state index contributed by atoms with van der Waals surface area (Å²) in [6.07, 6.45) is 1.94. The van der Waals surface area contributed by atoms with Crippen molar-refractivity contribution in [1.82, 2.24) is 4.98 Å². The molecule has 0 aromatic carbocycles. The molecule has 32 heavy (non-hydrogen) atoms. The number of hydrogen-bond acceptors (Lipinski definition) is 5. The second-order valence-electron chi connectivity index (χ2n) is 8.39. The molecule has 3 rings (SSSR count). The van der Waals surface area contributed by atoms with E-state index in [4.69, 9.17) is 4.74 Å². The smallest absolute Gasteiger partial charge is 0.451 e. The Morgan fingerprint density at radius 1 is 1.31 bits per heavy atom. The van der Waals surface area contributed by atoms with Gasteiger partial charge in [-0.3, -0.25) is 4.79 Å². The molecule has 1 aromatic rings. The minimum absolute atomic E-state index is 0.193. The van der Waals surface area contributed by atoms with Crippen molar-refractivity contribution in [2.45, 2.75) is 53.1 Å². The Hall–Kier alpha value is -2.84. The summed E-state index contributed by atoms with van der Waals surface area (Å²) < 4.78 is 44.2. The fourth-order valence-electron chi connectivity index (χ4n) is 4.26. The highest BCUT2D eigenvalue weighted by Crippen LogP contribution is 2.40. The molecular formula is C23H29F3N4O2. The molecular weight excluding hydrogens is 421 g/mol. The van der Waals surface area contributed by atoms with Crippen LogP contribution in [0.4, 0.5) is 24.7 Å². The molecule has 0 unspecified atom stereocenters. The third-order valence-corrected chi connectivity index (χ3v) is 6.12. The molecule has 6 nitrogen and oxygen atoms in total. The van der Waals surface area contributed by atoms with E-state index in [1.807, 2.05) is 0 Å². The van der Waals surface area contributed by atoms with Gasteiger partial charge in [-0.05, 0) is 50.7 Å². The minimum Gasteiger partial charge on any atom is -0.481 e. The number of nitrogens with zero attached hydrogens (tertiary/aromatic N) is 3. The van der Waals surface area contributed by atoms with E-state index in [0.29, 0.717) is 0 Å². The zero-order valence-corrected chi connectivity index (χ0v) is 18.8. The van der Waals surface area contributed by atoms with Crippen molar-refractivity contribution in [3.8, 4) is 0 Å². The summed E-state index contributed by atoms with van der Waals surface area (Å²) in [5, 5.41) is 2.44. The van der Waals surface area contributed by atoms with Gasteiger partial charge in [0.2, 0.25) is 5.76 Å². The molecule has 2 aliphatic rings. The van der Waals surface area contributed by atoms with Crippen LogP contribution in [-0.4, -0.2) is 42.5 Å². The third-order valence-electron chi connectivity index (χ3n) is 6.12. The van der Waals surface area contributed by atoms with E-state index in [1.165, 1.54) is 18.7 Å². The molecule has 2 aliphatic heterocycles. The van der Waals surface area contributed by atoms with Gasteiger partial charge in [-0.25, -0.2) is 9.98 Å². The second kappa shape index (κ2) is 9.34. The van der Waals surface area contributed by atoms with Gasteiger partial charge in [-0.1, -0.05) is 25.5 Å². The van der Waals surface area contributed by atoms with Crippen molar-refractivity contribution < 1.29 is 22.7 Å². The highest BCUT2D eigenvalue weighted by atomic mass is 19.4. The number of aliphatic imine (C=N–C) groups is 1. The second-order valence-corrected chi connectivity index (χ2v) is 8.39. The van der Waals surface area contributed by atoms with Crippen LogP contribution in [0, 0.1) is 5.41 Å². The van der Waals surface area contributed by atoms with Crippen LogP contribution in [0.5, 0.6) is 0 Å². The van der Waals surface area contributed by atoms with Crippen molar-refractivity contribution in [2.24, 2.45) is 10.4 Å². The van der Waals surface area contributed by atoms with Crippen LogP contribution < -0.4 is 10.2 Å². The zero-order valence-electron chi connectivity index (χ0n) is 18.8. The number of rotatable bonds is 5. The summed E-state index contributed by atoms with van der Waals surface area (Å²) in [7, 11) is 0. The first-order chi connectivity index (χ1) is 15.1. The first-order valence-corrected chi connectivity index (χ1v) is 10.7. The normalized spacial score (nSPS) is 19.4. The molecule has 0 radical (unpaired) electrons. The van der Waals surface area contributed by atoms with E-state index in [1.54, 1.807) is 12.1 Å². The van der Waals surface area contributed by atoms with Crippen LogP contribution in [0.3, 0.4) is 0 Å². The molecule has 0 atom stereocenters. The summed E-state index contributed by atoms with van der Waals surface area (Å²) in [4.78, 5) is 22.8. The zero-order chi connectivity index (χ0) is 23.5. The number of aromatic nitrogens is 1. The van der Waals surface area contributed by atoms with E-state index < -0.39 is 23.5 Å². The van der Waals surface area contributed by atoms with Crippen molar-refractivity contribution >= 4 is 23.1 Å². The number of allylic oxidation sites excluding steroid dienone is 3. The summed E-state index contributed by atoms with van der Waals surface area (Å²) in [5.41, 5.74) is 1.46. The average molecular weight is 451 g/mol. The standard InChI is InChI=1S/C23H29F3N4O2/c1-5-16(6-2)22(4)9-11-30(12-10-22)18-8-7-17(13-27-18)29-21(31)19-20(23(24,25)26)32-14-15(3)28-19/h5,7-8,13H,6,9-12,14H2,1-4H3,(H,29,31). The van der Waals surface area contributed by atoms with Crippen LogP contribution in [-0.2, 0) is 9.53 Å². The molecule has 1 amide bonds. The molecule has 9 heteroatoms. The van der Waals surface area contributed by atoms with Crippen LogP contribution >= 0.6 is 0 Å². The van der Waals surface area contributed by atoms with Crippen molar-refractivity contribution in [3.63, 3.8) is 0 Å². The van der Waals surface area contributed by atoms with E-state index in [2.05, 4.69) is 47.0 Å². The molecule has 1 saturated heterocycles. The Morgan fingerprint density at radius 3 is 2.53 bits per heavy atom. The Labute approximate surface area is 186 Å². The highest BCUT2D eigenvalue weighted by molar-refractivity contribution is 6.06. The van der Waals surface area contributed by atoms with Gasteiger partial charge in [0.15, 0.2) is 5.70 Å². The van der Waals surface area contributed by atoms with Crippen LogP contribution in [0.25, 0.3) is 0 Å². The lowest BCUT2D eigenvalue weighted by Gasteiger charge is -2.41. The largest absolute Gasteiger partial charge is 0.481 e. The predicted molar refractivity (Wildman–Crippen MR) is 119 cm³/mol. The Kier molecular flexibility index (Phi) is 6.95. The topological polar surface area (TPSA) is 66.8 Å². The quantitative estimate of drug-likeness (QED) is 0.623. The SMILES string of the molecule is CC=C(CC)C1(C)CCN(c2ccc(NC(=O)C3=C(C(F)(F)F)OCC(C)=N3)cn2)CC1. The van der Waals surface area contributed by atoms with Gasteiger partial charge in [0.1, 0.15) is 12.4 Å². The van der Waals surface area contributed by atoms with Gasteiger partial charge in [-0.2, -0.15) is 13.2 Å². The number of halogens is 3. The number of nitrogens with one attached hydrogen (secondary N) is 1. The number of carbonyl (C=O) groups is 1. The molecule has 1 fully saturated rings. The molecule has 1 N–H and O–H groups in total. The van der Waals surface area contributed by atoms with E-state index in [-0.39, 0.29) is 23.4 Å². The van der Waals surface area contributed by atoms with Gasteiger partial charge >= 0.3 is 6.18 Å². The molecule has 0 saturated carbocycles. The summed E-state index contributed by atoms with van der Waals surface area (Å²) in [5.74, 6) is -1.60. The van der Waals surface area contributed by atoms with Gasteiger partial charge < -0.3 is 15.0 Å². The molecule has 0 bridgehead atoms. The van der Waals surface area contributed by atoms with Gasteiger partial charge in [0.25, 0.3) is 5.91 Å². The minimum atomic E-state index is -4.80. The number of carbonyl (C=O) groups excluding carboxylic acids is 1. The number of piperidine rings is 1. The molecule has 0 aliphatic carbocycles. The summed E-state index contributed by atoms with van der Waals surface area (Å²) in [6.45, 7) is 9.49. The van der Waals surface area contributed by atoms with Gasteiger partial charge in [0.05, 0.1) is 17.6 Å².